The van der Waals surface area contributed by atoms with Crippen molar-refractivity contribution in [2.45, 2.75) is 6.92 Å². The second-order valence-electron chi connectivity index (χ2n) is 4.14. The Hall–Kier alpha value is -2.29. The number of benzene rings is 2. The van der Waals surface area contributed by atoms with Crippen LogP contribution in [-0.2, 0) is 0 Å². The lowest BCUT2D eigenvalue weighted by Gasteiger charge is -2.12. The molecule has 2 aromatic rings. The van der Waals surface area contributed by atoms with Crippen molar-refractivity contribution in [1.82, 2.24) is 0 Å². The molecule has 92 valence electrons. The van der Waals surface area contributed by atoms with Crippen molar-refractivity contribution in [2.75, 3.05) is 12.4 Å². The van der Waals surface area contributed by atoms with Gasteiger partial charge in [0.1, 0.15) is 0 Å². The molecule has 0 atom stereocenters. The summed E-state index contributed by atoms with van der Waals surface area (Å²) in [4.78, 5) is 0. The van der Waals surface area contributed by atoms with Gasteiger partial charge in [-0.25, -0.2) is 0 Å². The fourth-order valence-electron chi connectivity index (χ4n) is 1.97. The van der Waals surface area contributed by atoms with E-state index in [1.807, 2.05) is 43.4 Å². The number of anilines is 1. The van der Waals surface area contributed by atoms with E-state index in [2.05, 4.69) is 29.5 Å². The summed E-state index contributed by atoms with van der Waals surface area (Å²) in [5.74, 6) is 5.57. The molecule has 3 nitrogen and oxygen atoms in total. The van der Waals surface area contributed by atoms with E-state index in [0.29, 0.717) is 0 Å². The van der Waals surface area contributed by atoms with Crippen LogP contribution in [0.15, 0.2) is 53.6 Å². The van der Waals surface area contributed by atoms with Gasteiger partial charge in [0.05, 0.1) is 5.71 Å². The Morgan fingerprint density at radius 3 is 2.44 bits per heavy atom. The average molecular weight is 239 g/mol. The molecular weight excluding hydrogens is 222 g/mol. The molecular formula is C15H17N3. The summed E-state index contributed by atoms with van der Waals surface area (Å²) < 4.78 is 0. The van der Waals surface area contributed by atoms with Crippen molar-refractivity contribution in [3.8, 4) is 0 Å². The van der Waals surface area contributed by atoms with Crippen molar-refractivity contribution in [3.63, 3.8) is 0 Å². The van der Waals surface area contributed by atoms with Crippen LogP contribution in [0.5, 0.6) is 0 Å². The van der Waals surface area contributed by atoms with E-state index in [9.17, 15) is 0 Å². The van der Waals surface area contributed by atoms with E-state index in [0.717, 1.165) is 22.5 Å². The molecule has 0 aliphatic carbocycles. The first-order valence-electron chi connectivity index (χ1n) is 5.88. The Morgan fingerprint density at radius 2 is 1.83 bits per heavy atom. The Bertz CT molecular complexity index is 559. The first-order chi connectivity index (χ1) is 8.76. The van der Waals surface area contributed by atoms with E-state index in [4.69, 9.17) is 5.84 Å². The highest BCUT2D eigenvalue weighted by Gasteiger charge is 2.11. The minimum Gasteiger partial charge on any atom is -0.388 e. The van der Waals surface area contributed by atoms with Crippen molar-refractivity contribution >= 4 is 11.4 Å². The summed E-state index contributed by atoms with van der Waals surface area (Å²) in [7, 11) is 1.90. The third-order valence-electron chi connectivity index (χ3n) is 2.88. The van der Waals surface area contributed by atoms with Crippen LogP contribution in [-0.4, -0.2) is 12.8 Å². The largest absolute Gasteiger partial charge is 0.388 e. The number of hydrogen-bond donors (Lipinski definition) is 2. The number of nitrogens with one attached hydrogen (secondary N) is 1. The second-order valence-corrected chi connectivity index (χ2v) is 4.14. The average Bonchev–Trinajstić information content (AvgIpc) is 2.41. The standard InChI is InChI=1S/C15H17N3/c1-11-8-9-14(17-2)13(10-11)15(18-16)12-6-4-3-5-7-12/h3-10,17H,16H2,1-2H3/b18-15-. The molecule has 0 aromatic heterocycles. The van der Waals surface area contributed by atoms with Gasteiger partial charge < -0.3 is 11.2 Å². The molecule has 0 amide bonds. The van der Waals surface area contributed by atoms with Gasteiger partial charge in [-0.15, -0.1) is 0 Å². The predicted molar refractivity (Wildman–Crippen MR) is 77.0 cm³/mol. The molecule has 0 aliphatic rings. The van der Waals surface area contributed by atoms with Gasteiger partial charge in [0.25, 0.3) is 0 Å². The summed E-state index contributed by atoms with van der Waals surface area (Å²) in [6.07, 6.45) is 0. The smallest absolute Gasteiger partial charge is 0.0992 e. The summed E-state index contributed by atoms with van der Waals surface area (Å²) in [5, 5.41) is 7.13. The second kappa shape index (κ2) is 5.36. The van der Waals surface area contributed by atoms with Crippen LogP contribution >= 0.6 is 0 Å². The monoisotopic (exact) mass is 239 g/mol. The van der Waals surface area contributed by atoms with Crippen LogP contribution in [0.2, 0.25) is 0 Å². The SMILES string of the molecule is CNc1ccc(C)cc1/C(=N\N)c1ccccc1. The molecule has 0 saturated carbocycles. The maximum atomic E-state index is 5.57. The highest BCUT2D eigenvalue weighted by Crippen LogP contribution is 2.21. The zero-order chi connectivity index (χ0) is 13.0. The number of nitrogens with zero attached hydrogens (tertiary/aromatic N) is 1. The van der Waals surface area contributed by atoms with Crippen LogP contribution < -0.4 is 11.2 Å². The van der Waals surface area contributed by atoms with Crippen molar-refractivity contribution in [3.05, 3.63) is 65.2 Å². The summed E-state index contributed by atoms with van der Waals surface area (Å²) in [5.41, 5.74) is 5.03. The summed E-state index contributed by atoms with van der Waals surface area (Å²) >= 11 is 0. The topological polar surface area (TPSA) is 50.4 Å². The fraction of sp³-hybridized carbons (Fsp3) is 0.133. The number of hydrogen-bond acceptors (Lipinski definition) is 3. The first-order valence-corrected chi connectivity index (χ1v) is 5.88. The van der Waals surface area contributed by atoms with Crippen LogP contribution in [0.25, 0.3) is 0 Å². The molecule has 3 heteroatoms. The van der Waals surface area contributed by atoms with Gasteiger partial charge in [-0.2, -0.15) is 5.10 Å². The molecule has 0 spiro atoms. The Balaban J connectivity index is 2.56. The normalized spacial score (nSPS) is 11.3. The van der Waals surface area contributed by atoms with Crippen LogP contribution in [0, 0.1) is 6.92 Å². The van der Waals surface area contributed by atoms with Gasteiger partial charge in [0, 0.05) is 23.9 Å². The molecule has 0 unspecified atom stereocenters. The van der Waals surface area contributed by atoms with Gasteiger partial charge in [-0.1, -0.05) is 42.0 Å². The molecule has 0 aliphatic heterocycles. The van der Waals surface area contributed by atoms with Gasteiger partial charge in [0.15, 0.2) is 0 Å². The quantitative estimate of drug-likeness (QED) is 0.491. The lowest BCUT2D eigenvalue weighted by atomic mass is 9.99. The third-order valence-corrected chi connectivity index (χ3v) is 2.88. The van der Waals surface area contributed by atoms with E-state index in [1.165, 1.54) is 5.56 Å². The third kappa shape index (κ3) is 2.35. The number of aryl methyl sites for hydroxylation is 1. The van der Waals surface area contributed by atoms with E-state index >= 15 is 0 Å². The van der Waals surface area contributed by atoms with Crippen LogP contribution in [0.3, 0.4) is 0 Å². The van der Waals surface area contributed by atoms with Crippen molar-refractivity contribution in [2.24, 2.45) is 10.9 Å². The highest BCUT2D eigenvalue weighted by molar-refractivity contribution is 6.15. The molecule has 3 N–H and O–H groups in total. The summed E-state index contributed by atoms with van der Waals surface area (Å²) in [6.45, 7) is 2.06. The highest BCUT2D eigenvalue weighted by atomic mass is 15.1. The number of hydrazone groups is 1. The van der Waals surface area contributed by atoms with Crippen molar-refractivity contribution < 1.29 is 0 Å². The minimum atomic E-state index is 0.795. The molecule has 2 rings (SSSR count). The Morgan fingerprint density at radius 1 is 1.11 bits per heavy atom. The minimum absolute atomic E-state index is 0.795. The number of nitrogens with two attached hydrogens (primary N) is 1. The van der Waals surface area contributed by atoms with Gasteiger partial charge in [-0.3, -0.25) is 0 Å². The maximum Gasteiger partial charge on any atom is 0.0992 e. The molecule has 2 aromatic carbocycles. The van der Waals surface area contributed by atoms with E-state index in [1.54, 1.807) is 0 Å². The lowest BCUT2D eigenvalue weighted by Crippen LogP contribution is -2.09. The number of rotatable bonds is 3. The predicted octanol–water partition coefficient (Wildman–Crippen LogP) is 2.75. The molecule has 0 fully saturated rings. The van der Waals surface area contributed by atoms with Gasteiger partial charge >= 0.3 is 0 Å². The fourth-order valence-corrected chi connectivity index (χ4v) is 1.97. The zero-order valence-electron chi connectivity index (χ0n) is 10.6. The lowest BCUT2D eigenvalue weighted by molar-refractivity contribution is 1.24. The molecule has 0 saturated heterocycles. The van der Waals surface area contributed by atoms with Crippen LogP contribution in [0.1, 0.15) is 16.7 Å². The summed E-state index contributed by atoms with van der Waals surface area (Å²) in [6, 6.07) is 16.1. The van der Waals surface area contributed by atoms with E-state index in [-0.39, 0.29) is 0 Å². The van der Waals surface area contributed by atoms with Gasteiger partial charge in [-0.05, 0) is 19.1 Å². The van der Waals surface area contributed by atoms with E-state index < -0.39 is 0 Å². The maximum absolute atomic E-state index is 5.57. The molecule has 0 radical (unpaired) electrons. The molecule has 0 heterocycles. The zero-order valence-corrected chi connectivity index (χ0v) is 10.6. The first kappa shape index (κ1) is 12.2. The molecule has 18 heavy (non-hydrogen) atoms. The molecule has 0 bridgehead atoms. The van der Waals surface area contributed by atoms with Crippen molar-refractivity contribution in [1.29, 1.82) is 0 Å². The van der Waals surface area contributed by atoms with Gasteiger partial charge in [0.2, 0.25) is 0 Å². The Kier molecular flexibility index (Phi) is 3.63. The van der Waals surface area contributed by atoms with Crippen LogP contribution in [0.4, 0.5) is 5.69 Å². The Labute approximate surface area is 107 Å².